The predicted octanol–water partition coefficient (Wildman–Crippen LogP) is 5.98. The fraction of sp³-hybridized carbons (Fsp3) is 0.167. The number of guanidine groups is 1. The van der Waals surface area contributed by atoms with Crippen LogP contribution in [0.1, 0.15) is 18.4 Å². The summed E-state index contributed by atoms with van der Waals surface area (Å²) in [7, 11) is 0. The Hall–Kier alpha value is -3.11. The molecule has 29 heavy (non-hydrogen) atoms. The van der Waals surface area contributed by atoms with Crippen LogP contribution in [-0.4, -0.2) is 29.8 Å². The zero-order valence-corrected chi connectivity index (χ0v) is 16.9. The maximum absolute atomic E-state index is 6.04. The molecule has 1 fully saturated rings. The summed E-state index contributed by atoms with van der Waals surface area (Å²) in [5.74, 6) is 1.49. The summed E-state index contributed by atoms with van der Waals surface area (Å²) >= 11 is 6.04. The number of likely N-dealkylation sites (tertiary alicyclic amines) is 1. The first-order chi connectivity index (χ1) is 14.3. The number of rotatable bonds is 3. The summed E-state index contributed by atoms with van der Waals surface area (Å²) in [4.78, 5) is 12.1. The average Bonchev–Trinajstić information content (AvgIpc) is 3.30. The molecule has 5 heteroatoms. The van der Waals surface area contributed by atoms with Gasteiger partial charge < -0.3 is 10.2 Å². The molecule has 0 saturated carbocycles. The standard InChI is InChI=1S/C24H23ClN4/c25-20-13-15-22(16-14-20)26-23(19-9-3-1-4-10-19)28-24(29-17-7-8-18-29)27-21-11-5-2-6-12-21/h1-6,9-16H,7-8,17-18H2,(H,26,27,28). The highest BCUT2D eigenvalue weighted by Gasteiger charge is 2.17. The molecule has 3 aromatic carbocycles. The van der Waals surface area contributed by atoms with E-state index in [1.54, 1.807) is 0 Å². The van der Waals surface area contributed by atoms with Crippen molar-refractivity contribution in [3.8, 4) is 0 Å². The van der Waals surface area contributed by atoms with Gasteiger partial charge in [0.2, 0.25) is 5.96 Å². The zero-order valence-electron chi connectivity index (χ0n) is 16.1. The van der Waals surface area contributed by atoms with Gasteiger partial charge in [-0.15, -0.1) is 0 Å². The Kier molecular flexibility index (Phi) is 6.22. The second kappa shape index (κ2) is 9.39. The van der Waals surface area contributed by atoms with Crippen molar-refractivity contribution in [2.75, 3.05) is 18.4 Å². The summed E-state index contributed by atoms with van der Waals surface area (Å²) in [6.45, 7) is 1.94. The third-order valence-electron chi connectivity index (χ3n) is 4.74. The first-order valence-electron chi connectivity index (χ1n) is 9.83. The van der Waals surface area contributed by atoms with Crippen LogP contribution in [0.2, 0.25) is 5.02 Å². The van der Waals surface area contributed by atoms with E-state index in [1.165, 1.54) is 0 Å². The molecule has 146 valence electrons. The van der Waals surface area contributed by atoms with Crippen LogP contribution < -0.4 is 5.32 Å². The van der Waals surface area contributed by atoms with Gasteiger partial charge in [-0.2, -0.15) is 4.99 Å². The van der Waals surface area contributed by atoms with Gasteiger partial charge in [0.25, 0.3) is 0 Å². The van der Waals surface area contributed by atoms with Gasteiger partial charge in [0.15, 0.2) is 0 Å². The van der Waals surface area contributed by atoms with Crippen LogP contribution in [0.4, 0.5) is 11.4 Å². The van der Waals surface area contributed by atoms with Crippen molar-refractivity contribution in [3.05, 3.63) is 95.5 Å². The predicted molar refractivity (Wildman–Crippen MR) is 122 cm³/mol. The van der Waals surface area contributed by atoms with Gasteiger partial charge in [-0.3, -0.25) is 0 Å². The van der Waals surface area contributed by atoms with E-state index in [-0.39, 0.29) is 0 Å². The molecule has 4 nitrogen and oxygen atoms in total. The van der Waals surface area contributed by atoms with Crippen molar-refractivity contribution < 1.29 is 0 Å². The van der Waals surface area contributed by atoms with Gasteiger partial charge in [0, 0.05) is 29.4 Å². The van der Waals surface area contributed by atoms with E-state index >= 15 is 0 Å². The van der Waals surface area contributed by atoms with Crippen molar-refractivity contribution in [2.24, 2.45) is 9.98 Å². The number of benzene rings is 3. The number of aliphatic imine (C=N–C) groups is 2. The van der Waals surface area contributed by atoms with Crippen molar-refractivity contribution in [3.63, 3.8) is 0 Å². The number of nitrogens with one attached hydrogen (secondary N) is 1. The number of hydrogen-bond acceptors (Lipinski definition) is 1. The highest BCUT2D eigenvalue weighted by Crippen LogP contribution is 2.18. The molecule has 0 amide bonds. The minimum Gasteiger partial charge on any atom is -0.341 e. The Bertz CT molecular complexity index is 976. The SMILES string of the molecule is Clc1ccc(NC(=NC(=Nc2ccccc2)N2CCCC2)c2ccccc2)cc1. The maximum atomic E-state index is 6.04. The Morgan fingerprint density at radius 3 is 2.07 bits per heavy atom. The first kappa shape index (κ1) is 19.2. The molecule has 3 aromatic rings. The van der Waals surface area contributed by atoms with Gasteiger partial charge in [0.1, 0.15) is 5.84 Å². The van der Waals surface area contributed by atoms with E-state index in [0.717, 1.165) is 54.7 Å². The van der Waals surface area contributed by atoms with E-state index in [9.17, 15) is 0 Å². The van der Waals surface area contributed by atoms with Gasteiger partial charge in [-0.1, -0.05) is 60.1 Å². The van der Waals surface area contributed by atoms with Gasteiger partial charge in [-0.05, 0) is 49.2 Å². The molecule has 0 radical (unpaired) electrons. The van der Waals surface area contributed by atoms with E-state index in [4.69, 9.17) is 21.6 Å². The molecule has 1 N–H and O–H groups in total. The van der Waals surface area contributed by atoms with Crippen molar-refractivity contribution in [1.82, 2.24) is 4.90 Å². The third-order valence-corrected chi connectivity index (χ3v) is 4.99. The minimum absolute atomic E-state index is 0.706. The van der Waals surface area contributed by atoms with Crippen LogP contribution in [0, 0.1) is 0 Å². The summed E-state index contributed by atoms with van der Waals surface area (Å²) in [6.07, 6.45) is 2.32. The lowest BCUT2D eigenvalue weighted by Gasteiger charge is -2.18. The molecule has 1 aliphatic rings. The smallest absolute Gasteiger partial charge is 0.227 e. The highest BCUT2D eigenvalue weighted by atomic mass is 35.5. The Morgan fingerprint density at radius 2 is 1.41 bits per heavy atom. The summed E-state index contributed by atoms with van der Waals surface area (Å²) in [5.41, 5.74) is 2.83. The highest BCUT2D eigenvalue weighted by molar-refractivity contribution is 6.30. The topological polar surface area (TPSA) is 40.0 Å². The van der Waals surface area contributed by atoms with E-state index in [0.29, 0.717) is 5.02 Å². The molecular formula is C24H23ClN4. The largest absolute Gasteiger partial charge is 0.341 e. The van der Waals surface area contributed by atoms with Crippen LogP contribution >= 0.6 is 11.6 Å². The number of anilines is 1. The molecular weight excluding hydrogens is 380 g/mol. The van der Waals surface area contributed by atoms with Crippen LogP contribution in [0.3, 0.4) is 0 Å². The molecule has 0 aliphatic carbocycles. The molecule has 0 unspecified atom stereocenters. The fourth-order valence-corrected chi connectivity index (χ4v) is 3.36. The van der Waals surface area contributed by atoms with E-state index in [1.807, 2.05) is 84.9 Å². The van der Waals surface area contributed by atoms with Crippen LogP contribution in [0.15, 0.2) is 94.9 Å². The Labute approximate surface area is 176 Å². The summed E-state index contributed by atoms with van der Waals surface area (Å²) in [6, 6.07) is 27.7. The number of nitrogens with zero attached hydrogens (tertiary/aromatic N) is 3. The minimum atomic E-state index is 0.706. The number of halogens is 1. The third kappa shape index (κ3) is 5.24. The second-order valence-electron chi connectivity index (χ2n) is 6.90. The normalized spacial score (nSPS) is 14.9. The summed E-state index contributed by atoms with van der Waals surface area (Å²) < 4.78 is 0. The lowest BCUT2D eigenvalue weighted by atomic mass is 10.2. The number of hydrogen-bond donors (Lipinski definition) is 1. The lowest BCUT2D eigenvalue weighted by Crippen LogP contribution is -2.28. The van der Waals surface area contributed by atoms with Crippen LogP contribution in [-0.2, 0) is 0 Å². The van der Waals surface area contributed by atoms with E-state index < -0.39 is 0 Å². The van der Waals surface area contributed by atoms with Crippen molar-refractivity contribution in [2.45, 2.75) is 12.8 Å². The number of amidine groups is 1. The molecule has 1 heterocycles. The molecule has 0 aromatic heterocycles. The molecule has 0 bridgehead atoms. The number of para-hydroxylation sites is 1. The van der Waals surface area contributed by atoms with Gasteiger partial charge >= 0.3 is 0 Å². The average molecular weight is 403 g/mol. The maximum Gasteiger partial charge on any atom is 0.227 e. The fourth-order valence-electron chi connectivity index (χ4n) is 3.23. The molecule has 1 saturated heterocycles. The van der Waals surface area contributed by atoms with E-state index in [2.05, 4.69) is 10.2 Å². The zero-order chi connectivity index (χ0) is 19.9. The molecule has 4 rings (SSSR count). The van der Waals surface area contributed by atoms with Gasteiger partial charge in [-0.25, -0.2) is 4.99 Å². The van der Waals surface area contributed by atoms with Crippen LogP contribution in [0.25, 0.3) is 0 Å². The van der Waals surface area contributed by atoms with Crippen molar-refractivity contribution >= 4 is 34.8 Å². The van der Waals surface area contributed by atoms with Crippen LogP contribution in [0.5, 0.6) is 0 Å². The van der Waals surface area contributed by atoms with Crippen molar-refractivity contribution in [1.29, 1.82) is 0 Å². The lowest BCUT2D eigenvalue weighted by molar-refractivity contribution is 0.514. The Balaban J connectivity index is 1.74. The molecule has 1 aliphatic heterocycles. The monoisotopic (exact) mass is 402 g/mol. The summed E-state index contributed by atoms with van der Waals surface area (Å²) in [5, 5.41) is 4.15. The second-order valence-corrected chi connectivity index (χ2v) is 7.34. The van der Waals surface area contributed by atoms with Gasteiger partial charge in [0.05, 0.1) is 5.69 Å². The quantitative estimate of drug-likeness (QED) is 0.432. The molecule has 0 spiro atoms. The molecule has 0 atom stereocenters. The first-order valence-corrected chi connectivity index (χ1v) is 10.2. The Morgan fingerprint density at radius 1 is 0.793 bits per heavy atom.